The Morgan fingerprint density at radius 2 is 0.667 bits per heavy atom. The summed E-state index contributed by atoms with van der Waals surface area (Å²) in [7, 11) is -12.0. The minimum absolute atomic E-state index is 0.216. The van der Waals surface area contributed by atoms with Crippen molar-refractivity contribution in [3.63, 3.8) is 0 Å². The number of aryl methyl sites for hydroxylation is 2. The highest BCUT2D eigenvalue weighted by Crippen LogP contribution is 2.61. The second-order valence-corrected chi connectivity index (χ2v) is 13.9. The molecule has 0 unspecified atom stereocenters. The lowest BCUT2D eigenvalue weighted by Crippen LogP contribution is -2.58. The fraction of sp³-hybridized carbons (Fsp3) is 0.520. The van der Waals surface area contributed by atoms with Crippen molar-refractivity contribution in [3.8, 4) is 0 Å². The van der Waals surface area contributed by atoms with E-state index in [1.54, 1.807) is 0 Å². The normalized spacial score (nSPS) is 15.3. The second kappa shape index (κ2) is 12.6. The summed E-state index contributed by atoms with van der Waals surface area (Å²) in [4.78, 5) is 0. The van der Waals surface area contributed by atoms with Gasteiger partial charge in [-0.15, -0.1) is 0 Å². The highest BCUT2D eigenvalue weighted by atomic mass is 32.2. The molecule has 0 radical (unpaired) electrons. The van der Waals surface area contributed by atoms with Crippen LogP contribution >= 0.6 is 0 Å². The van der Waals surface area contributed by atoms with E-state index in [0.29, 0.717) is 0 Å². The number of halogens is 18. The number of alkyl halides is 18. The lowest BCUT2D eigenvalue weighted by atomic mass is 9.70. The summed E-state index contributed by atoms with van der Waals surface area (Å²) in [5, 5.41) is 0. The van der Waals surface area contributed by atoms with Gasteiger partial charge in [-0.05, 0) is 36.1 Å². The minimum atomic E-state index is -7.15. The lowest BCUT2D eigenvalue weighted by Gasteiger charge is -2.42. The average molecular weight is 821 g/mol. The Hall–Kier alpha value is -3.00. The third-order valence-electron chi connectivity index (χ3n) is 7.10. The quantitative estimate of drug-likeness (QED) is 0.197. The molecule has 0 heterocycles. The zero-order valence-electron chi connectivity index (χ0n) is 25.0. The van der Waals surface area contributed by atoms with Gasteiger partial charge in [0.15, 0.2) is 0 Å². The van der Waals surface area contributed by atoms with E-state index in [-0.39, 0.29) is 26.0 Å². The van der Waals surface area contributed by atoms with Gasteiger partial charge in [-0.1, -0.05) is 36.4 Å². The van der Waals surface area contributed by atoms with Crippen molar-refractivity contribution >= 4 is 20.2 Å². The van der Waals surface area contributed by atoms with E-state index in [1.165, 1.54) is 0 Å². The van der Waals surface area contributed by atoms with Crippen LogP contribution in [0.3, 0.4) is 0 Å². The van der Waals surface area contributed by atoms with Crippen LogP contribution in [0.5, 0.6) is 0 Å². The molecule has 292 valence electrons. The number of rotatable bonds is 8. The summed E-state index contributed by atoms with van der Waals surface area (Å²) in [6.07, 6.45) is -43.4. The Bertz CT molecular complexity index is 1690. The number of hydrogen-bond donors (Lipinski definition) is 0. The summed E-state index contributed by atoms with van der Waals surface area (Å²) < 4.78 is 314. The molecule has 2 aromatic rings. The van der Waals surface area contributed by atoms with Gasteiger partial charge in [0.2, 0.25) is 5.41 Å². The Kier molecular flexibility index (Phi) is 10.9. The molecule has 0 aliphatic rings. The predicted octanol–water partition coefficient (Wildman–Crippen LogP) is 8.31. The first-order valence-corrected chi connectivity index (χ1v) is 16.2. The van der Waals surface area contributed by atoms with E-state index < -0.39 is 144 Å². The van der Waals surface area contributed by atoms with Crippen LogP contribution in [0.25, 0.3) is 0 Å². The van der Waals surface area contributed by atoms with Crippen molar-refractivity contribution in [1.29, 1.82) is 0 Å². The van der Waals surface area contributed by atoms with Crippen molar-refractivity contribution in [1.82, 2.24) is 0 Å². The van der Waals surface area contributed by atoms with Gasteiger partial charge in [-0.2, -0.15) is 95.9 Å². The maximum absolute atomic E-state index is 14.9. The lowest BCUT2D eigenvalue weighted by molar-refractivity contribution is -0.365. The molecule has 26 heteroatoms. The van der Waals surface area contributed by atoms with E-state index in [0.717, 1.165) is 0 Å². The zero-order chi connectivity index (χ0) is 40.6. The van der Waals surface area contributed by atoms with Gasteiger partial charge in [0, 0.05) is 11.1 Å². The van der Waals surface area contributed by atoms with Crippen LogP contribution in [0.2, 0.25) is 0 Å². The first kappa shape index (κ1) is 44.2. The Balaban J connectivity index is 3.46. The fourth-order valence-electron chi connectivity index (χ4n) is 5.12. The highest BCUT2D eigenvalue weighted by Gasteiger charge is 2.78. The van der Waals surface area contributed by atoms with Crippen LogP contribution < -0.4 is 0 Å². The minimum Gasteiger partial charge on any atom is -0.239 e. The Morgan fingerprint density at radius 3 is 0.843 bits per heavy atom. The molecule has 0 saturated carbocycles. The summed E-state index contributed by atoms with van der Waals surface area (Å²) in [6.45, 7) is 0.431. The van der Waals surface area contributed by atoms with Gasteiger partial charge in [0.25, 0.3) is 20.2 Å². The molecule has 0 fully saturated rings. The van der Waals surface area contributed by atoms with Crippen LogP contribution in [-0.2, 0) is 45.2 Å². The molecule has 0 saturated heterocycles. The Labute approximate surface area is 274 Å². The molecule has 0 aliphatic heterocycles. The summed E-state index contributed by atoms with van der Waals surface area (Å²) in [5.74, 6) is 0. The van der Waals surface area contributed by atoms with Crippen molar-refractivity contribution < 1.29 is 104 Å². The van der Waals surface area contributed by atoms with E-state index in [9.17, 15) is 95.9 Å². The van der Waals surface area contributed by atoms with Crippen LogP contribution in [-0.4, -0.2) is 66.4 Å². The van der Waals surface area contributed by atoms with Gasteiger partial charge in [-0.25, -0.2) is 8.37 Å². The van der Waals surface area contributed by atoms with Crippen molar-refractivity contribution in [2.24, 2.45) is 0 Å². The summed E-state index contributed by atoms with van der Waals surface area (Å²) >= 11 is 0. The van der Waals surface area contributed by atoms with Gasteiger partial charge < -0.3 is 0 Å². The molecule has 0 aliphatic carbocycles. The maximum atomic E-state index is 14.9. The smallest absolute Gasteiger partial charge is 0.239 e. The molecule has 0 bridgehead atoms. The topological polar surface area (TPSA) is 86.7 Å². The van der Waals surface area contributed by atoms with Crippen LogP contribution in [0.15, 0.2) is 36.4 Å². The fourth-order valence-corrected chi connectivity index (χ4v) is 6.58. The standard InChI is InChI=1S/C25H18F18O6S2/c1-11-5-7-13(9-15(11)18(22(32,33)34,23(35,36)37)48-50(3,44)45)17(20(26,27)28,21(29,30)31)14-8-6-12(2)16(10-14)19(24(38,39)40,25(41,42)43)49-51(4,46)47/h5-10H,1-4H3. The van der Waals surface area contributed by atoms with Crippen LogP contribution in [0.1, 0.15) is 33.4 Å². The van der Waals surface area contributed by atoms with Crippen molar-refractivity contribution in [3.05, 3.63) is 69.8 Å². The van der Waals surface area contributed by atoms with E-state index in [1.807, 2.05) is 0 Å². The van der Waals surface area contributed by atoms with E-state index in [2.05, 4.69) is 8.37 Å². The van der Waals surface area contributed by atoms with Crippen molar-refractivity contribution in [2.75, 3.05) is 12.5 Å². The highest BCUT2D eigenvalue weighted by molar-refractivity contribution is 7.86. The summed E-state index contributed by atoms with van der Waals surface area (Å²) in [6, 6.07) is -3.65. The van der Waals surface area contributed by atoms with Gasteiger partial charge in [0.1, 0.15) is 0 Å². The Morgan fingerprint density at radius 1 is 0.431 bits per heavy atom. The van der Waals surface area contributed by atoms with E-state index >= 15 is 0 Å². The first-order chi connectivity index (χ1) is 22.2. The molecule has 0 aromatic heterocycles. The molecule has 6 nitrogen and oxygen atoms in total. The molecule has 0 N–H and O–H groups in total. The van der Waals surface area contributed by atoms with Crippen LogP contribution in [0.4, 0.5) is 79.0 Å². The molecule has 2 aromatic carbocycles. The SMILES string of the molecule is Cc1ccc(C(c2ccc(C)c(C(OS(C)(=O)=O)(C(F)(F)F)C(F)(F)F)c2)(C(F)(F)F)C(F)(F)F)cc1C(OS(C)(=O)=O)(C(F)(F)F)C(F)(F)F. The van der Waals surface area contributed by atoms with Gasteiger partial charge in [-0.3, -0.25) is 0 Å². The average Bonchev–Trinajstić information content (AvgIpc) is 2.82. The number of hydrogen-bond acceptors (Lipinski definition) is 6. The predicted molar refractivity (Wildman–Crippen MR) is 135 cm³/mol. The molecular formula is C25H18F18O6S2. The largest absolute Gasteiger partial charge is 0.432 e. The summed E-state index contributed by atoms with van der Waals surface area (Å²) in [5.41, 5.74) is -32.9. The van der Waals surface area contributed by atoms with Gasteiger partial charge in [0.05, 0.1) is 12.5 Å². The van der Waals surface area contributed by atoms with E-state index in [4.69, 9.17) is 0 Å². The van der Waals surface area contributed by atoms with Crippen LogP contribution in [0, 0.1) is 13.8 Å². The molecule has 0 spiro atoms. The van der Waals surface area contributed by atoms with Crippen molar-refractivity contribution in [2.45, 2.75) is 67.5 Å². The first-order valence-electron chi connectivity index (χ1n) is 12.6. The molecule has 2 rings (SSSR count). The third kappa shape index (κ3) is 7.45. The zero-order valence-corrected chi connectivity index (χ0v) is 26.7. The number of benzene rings is 2. The monoisotopic (exact) mass is 820 g/mol. The third-order valence-corrected chi connectivity index (χ3v) is 8.21. The van der Waals surface area contributed by atoms with Gasteiger partial charge >= 0.3 is 48.3 Å². The molecule has 0 atom stereocenters. The molecular weight excluding hydrogens is 802 g/mol. The second-order valence-electron chi connectivity index (χ2n) is 10.7. The maximum Gasteiger partial charge on any atom is 0.432 e. The molecule has 51 heavy (non-hydrogen) atoms. The molecule has 0 amide bonds.